The van der Waals surface area contributed by atoms with E-state index in [2.05, 4.69) is 10.3 Å². The SMILES string of the molecule is O=C(Cc1cccc(-c2cnc3cc(C(=O)Nc4ccsc4)ccn23)c1)NCC(F)(F)F. The van der Waals surface area contributed by atoms with E-state index in [1.54, 1.807) is 47.1 Å². The van der Waals surface area contributed by atoms with Crippen LogP contribution in [-0.4, -0.2) is 33.9 Å². The lowest BCUT2D eigenvalue weighted by molar-refractivity contribution is -0.138. The highest BCUT2D eigenvalue weighted by molar-refractivity contribution is 7.08. The predicted molar refractivity (Wildman–Crippen MR) is 116 cm³/mol. The van der Waals surface area contributed by atoms with E-state index >= 15 is 0 Å². The summed E-state index contributed by atoms with van der Waals surface area (Å²) in [4.78, 5) is 28.6. The molecule has 3 aromatic heterocycles. The third-order valence-electron chi connectivity index (χ3n) is 4.63. The summed E-state index contributed by atoms with van der Waals surface area (Å²) in [5.41, 5.74) is 3.78. The number of pyridine rings is 1. The number of nitrogens with one attached hydrogen (secondary N) is 2. The molecule has 0 unspecified atom stereocenters. The molecule has 2 N–H and O–H groups in total. The van der Waals surface area contributed by atoms with Gasteiger partial charge in [0.15, 0.2) is 0 Å². The van der Waals surface area contributed by atoms with Crippen molar-refractivity contribution < 1.29 is 22.8 Å². The summed E-state index contributed by atoms with van der Waals surface area (Å²) < 4.78 is 38.6. The summed E-state index contributed by atoms with van der Waals surface area (Å²) in [6.45, 7) is -1.36. The Bertz CT molecular complexity index is 1270. The molecule has 0 fully saturated rings. The monoisotopic (exact) mass is 458 g/mol. The van der Waals surface area contributed by atoms with Gasteiger partial charge >= 0.3 is 6.18 Å². The van der Waals surface area contributed by atoms with Crippen molar-refractivity contribution in [1.29, 1.82) is 0 Å². The van der Waals surface area contributed by atoms with Gasteiger partial charge in [-0.3, -0.25) is 14.0 Å². The molecule has 4 aromatic rings. The number of thiophene rings is 1. The summed E-state index contributed by atoms with van der Waals surface area (Å²) in [5, 5.41) is 8.38. The van der Waals surface area contributed by atoms with Crippen LogP contribution >= 0.6 is 11.3 Å². The molecule has 32 heavy (non-hydrogen) atoms. The van der Waals surface area contributed by atoms with Crippen LogP contribution in [0.25, 0.3) is 16.9 Å². The number of anilines is 1. The Morgan fingerprint density at radius 1 is 1.12 bits per heavy atom. The van der Waals surface area contributed by atoms with Crippen molar-refractivity contribution in [3.05, 3.63) is 76.7 Å². The van der Waals surface area contributed by atoms with Gasteiger partial charge in [-0.05, 0) is 35.2 Å². The first-order valence-corrected chi connectivity index (χ1v) is 10.5. The molecule has 1 aromatic carbocycles. The van der Waals surface area contributed by atoms with Crippen molar-refractivity contribution in [2.75, 3.05) is 11.9 Å². The number of hydrogen-bond donors (Lipinski definition) is 2. The van der Waals surface area contributed by atoms with Crippen LogP contribution in [0, 0.1) is 0 Å². The van der Waals surface area contributed by atoms with E-state index in [0.717, 1.165) is 16.9 Å². The average molecular weight is 458 g/mol. The largest absolute Gasteiger partial charge is 0.405 e. The highest BCUT2D eigenvalue weighted by atomic mass is 32.1. The maximum atomic E-state index is 12.4. The standard InChI is InChI=1S/C22H17F3N4O2S/c23-22(24,25)13-27-20(30)9-14-2-1-3-15(8-14)18-11-26-19-10-16(4-6-29(18)19)21(31)28-17-5-7-32-12-17/h1-8,10-12H,9,13H2,(H,27,30)(H,28,31). The van der Waals surface area contributed by atoms with Gasteiger partial charge in [-0.15, -0.1) is 0 Å². The molecule has 0 aliphatic heterocycles. The van der Waals surface area contributed by atoms with E-state index in [0.29, 0.717) is 16.8 Å². The van der Waals surface area contributed by atoms with E-state index in [-0.39, 0.29) is 12.3 Å². The van der Waals surface area contributed by atoms with Gasteiger partial charge in [0, 0.05) is 22.7 Å². The van der Waals surface area contributed by atoms with Gasteiger partial charge in [-0.25, -0.2) is 4.98 Å². The maximum absolute atomic E-state index is 12.4. The minimum Gasteiger partial charge on any atom is -0.347 e. The van der Waals surface area contributed by atoms with E-state index in [9.17, 15) is 22.8 Å². The number of aromatic nitrogens is 2. The van der Waals surface area contributed by atoms with Crippen molar-refractivity contribution in [3.63, 3.8) is 0 Å². The lowest BCUT2D eigenvalue weighted by Gasteiger charge is -2.09. The molecule has 0 aliphatic carbocycles. The molecule has 0 aliphatic rings. The Labute approximate surface area is 184 Å². The van der Waals surface area contributed by atoms with Crippen LogP contribution in [0.1, 0.15) is 15.9 Å². The fraction of sp³-hybridized carbons (Fsp3) is 0.136. The molecule has 0 spiro atoms. The Morgan fingerprint density at radius 3 is 2.72 bits per heavy atom. The molecule has 0 bridgehead atoms. The number of carbonyl (C=O) groups excluding carboxylic acids is 2. The number of benzene rings is 1. The zero-order valence-corrected chi connectivity index (χ0v) is 17.3. The Hall–Kier alpha value is -3.66. The van der Waals surface area contributed by atoms with Crippen molar-refractivity contribution in [3.8, 4) is 11.3 Å². The first kappa shape index (κ1) is 21.6. The Balaban J connectivity index is 1.52. The molecule has 164 valence electrons. The normalized spacial score (nSPS) is 11.5. The molecular weight excluding hydrogens is 441 g/mol. The van der Waals surface area contributed by atoms with Crippen molar-refractivity contribution in [1.82, 2.24) is 14.7 Å². The summed E-state index contributed by atoms with van der Waals surface area (Å²) in [7, 11) is 0. The van der Waals surface area contributed by atoms with Gasteiger partial charge in [-0.2, -0.15) is 24.5 Å². The Kier molecular flexibility index (Phi) is 5.95. The van der Waals surface area contributed by atoms with Gasteiger partial charge in [0.2, 0.25) is 5.91 Å². The summed E-state index contributed by atoms with van der Waals surface area (Å²) >= 11 is 1.48. The zero-order valence-electron chi connectivity index (χ0n) is 16.5. The van der Waals surface area contributed by atoms with Crippen molar-refractivity contribution in [2.24, 2.45) is 0 Å². The predicted octanol–water partition coefficient (Wildman–Crippen LogP) is 4.54. The first-order valence-electron chi connectivity index (χ1n) is 9.52. The van der Waals surface area contributed by atoms with Gasteiger partial charge in [0.05, 0.1) is 24.0 Å². The fourth-order valence-electron chi connectivity index (χ4n) is 3.16. The second-order valence-electron chi connectivity index (χ2n) is 7.02. The quantitative estimate of drug-likeness (QED) is 0.446. The topological polar surface area (TPSA) is 75.5 Å². The zero-order chi connectivity index (χ0) is 22.7. The van der Waals surface area contributed by atoms with Gasteiger partial charge in [0.25, 0.3) is 5.91 Å². The lowest BCUT2D eigenvalue weighted by atomic mass is 10.1. The highest BCUT2D eigenvalue weighted by Crippen LogP contribution is 2.23. The number of halogens is 3. The molecule has 0 atom stereocenters. The van der Waals surface area contributed by atoms with Crippen LogP contribution in [0.5, 0.6) is 0 Å². The van der Waals surface area contributed by atoms with Crippen LogP contribution in [-0.2, 0) is 11.2 Å². The van der Waals surface area contributed by atoms with Gasteiger partial charge in [0.1, 0.15) is 12.2 Å². The molecular formula is C22H17F3N4O2S. The number of alkyl halides is 3. The van der Waals surface area contributed by atoms with Crippen LogP contribution in [0.4, 0.5) is 18.9 Å². The molecule has 4 rings (SSSR count). The molecule has 0 saturated carbocycles. The van der Waals surface area contributed by atoms with E-state index < -0.39 is 18.6 Å². The van der Waals surface area contributed by atoms with E-state index in [1.165, 1.54) is 11.3 Å². The molecule has 2 amide bonds. The van der Waals surface area contributed by atoms with Crippen LogP contribution in [0.15, 0.2) is 65.6 Å². The minimum absolute atomic E-state index is 0.173. The van der Waals surface area contributed by atoms with Gasteiger partial charge in [-0.1, -0.05) is 18.2 Å². The third kappa shape index (κ3) is 5.14. The highest BCUT2D eigenvalue weighted by Gasteiger charge is 2.27. The Morgan fingerprint density at radius 2 is 1.97 bits per heavy atom. The average Bonchev–Trinajstić information content (AvgIpc) is 3.41. The minimum atomic E-state index is -4.45. The van der Waals surface area contributed by atoms with E-state index in [4.69, 9.17) is 0 Å². The number of amides is 2. The van der Waals surface area contributed by atoms with E-state index in [1.807, 2.05) is 28.2 Å². The number of rotatable bonds is 6. The number of carbonyl (C=O) groups is 2. The van der Waals surface area contributed by atoms with Crippen molar-refractivity contribution in [2.45, 2.75) is 12.6 Å². The number of fused-ring (bicyclic) bond motifs is 1. The smallest absolute Gasteiger partial charge is 0.347 e. The fourth-order valence-corrected chi connectivity index (χ4v) is 3.75. The molecule has 6 nitrogen and oxygen atoms in total. The second kappa shape index (κ2) is 8.83. The molecule has 10 heteroatoms. The van der Waals surface area contributed by atoms with Crippen LogP contribution < -0.4 is 10.6 Å². The lowest BCUT2D eigenvalue weighted by Crippen LogP contribution is -2.34. The number of imidazole rings is 1. The summed E-state index contributed by atoms with van der Waals surface area (Å²) in [6, 6.07) is 12.1. The summed E-state index contributed by atoms with van der Waals surface area (Å²) in [6.07, 6.45) is -1.26. The molecule has 0 radical (unpaired) electrons. The summed E-state index contributed by atoms with van der Waals surface area (Å²) in [5.74, 6) is -0.957. The third-order valence-corrected chi connectivity index (χ3v) is 5.31. The van der Waals surface area contributed by atoms with Crippen LogP contribution in [0.2, 0.25) is 0 Å². The van der Waals surface area contributed by atoms with Gasteiger partial charge < -0.3 is 10.6 Å². The number of nitrogens with zero attached hydrogens (tertiary/aromatic N) is 2. The maximum Gasteiger partial charge on any atom is 0.405 e. The van der Waals surface area contributed by atoms with Crippen LogP contribution in [0.3, 0.4) is 0 Å². The second-order valence-corrected chi connectivity index (χ2v) is 7.80. The first-order chi connectivity index (χ1) is 15.3. The van der Waals surface area contributed by atoms with Crippen molar-refractivity contribution >= 4 is 34.5 Å². The molecule has 0 saturated heterocycles. The molecule has 3 heterocycles. The number of hydrogen-bond acceptors (Lipinski definition) is 4.